The Morgan fingerprint density at radius 2 is 1.70 bits per heavy atom. The molecule has 2 heterocycles. The highest BCUT2D eigenvalue weighted by atomic mass is 16.3. The molecule has 0 unspecified atom stereocenters. The van der Waals surface area contributed by atoms with Crippen LogP contribution in [0.1, 0.15) is 21.7 Å². The lowest BCUT2D eigenvalue weighted by atomic mass is 10.1. The van der Waals surface area contributed by atoms with Gasteiger partial charge in [-0.2, -0.15) is 0 Å². The van der Waals surface area contributed by atoms with Crippen LogP contribution in [0, 0.1) is 0 Å². The van der Waals surface area contributed by atoms with Crippen LogP contribution < -0.4 is 10.2 Å². The van der Waals surface area contributed by atoms with Gasteiger partial charge in [-0.1, -0.05) is 48.5 Å². The number of anilines is 2. The van der Waals surface area contributed by atoms with Crippen LogP contribution in [0.15, 0.2) is 83.3 Å². The predicted molar refractivity (Wildman–Crippen MR) is 129 cm³/mol. The van der Waals surface area contributed by atoms with Gasteiger partial charge in [0.05, 0.1) is 6.42 Å². The molecule has 0 spiro atoms. The van der Waals surface area contributed by atoms with Crippen molar-refractivity contribution in [1.82, 2.24) is 4.90 Å². The second-order valence-electron chi connectivity index (χ2n) is 8.34. The lowest BCUT2D eigenvalue weighted by molar-refractivity contribution is -0.130. The Morgan fingerprint density at radius 3 is 2.52 bits per heavy atom. The van der Waals surface area contributed by atoms with Crippen LogP contribution in [-0.2, 0) is 17.8 Å². The van der Waals surface area contributed by atoms with Crippen molar-refractivity contribution in [2.45, 2.75) is 13.0 Å². The highest BCUT2D eigenvalue weighted by molar-refractivity contribution is 6.04. The molecule has 0 radical (unpaired) electrons. The summed E-state index contributed by atoms with van der Waals surface area (Å²) >= 11 is 0. The first-order valence-electron chi connectivity index (χ1n) is 11.0. The van der Waals surface area contributed by atoms with Crippen molar-refractivity contribution in [2.75, 3.05) is 30.4 Å². The Kier molecular flexibility index (Phi) is 5.57. The highest BCUT2D eigenvalue weighted by Gasteiger charge is 2.21. The maximum absolute atomic E-state index is 13.0. The van der Waals surface area contributed by atoms with Crippen molar-refractivity contribution < 1.29 is 14.0 Å². The van der Waals surface area contributed by atoms with Gasteiger partial charge < -0.3 is 19.5 Å². The molecule has 0 bridgehead atoms. The maximum atomic E-state index is 13.0. The molecule has 0 fully saturated rings. The van der Waals surface area contributed by atoms with Crippen LogP contribution in [0.2, 0.25) is 0 Å². The first-order chi connectivity index (χ1) is 16.1. The zero-order valence-electron chi connectivity index (χ0n) is 18.5. The zero-order valence-corrected chi connectivity index (χ0v) is 18.5. The van der Waals surface area contributed by atoms with E-state index < -0.39 is 0 Å². The number of hydrogen-bond donors (Lipinski definition) is 1. The molecule has 1 aliphatic heterocycles. The van der Waals surface area contributed by atoms with Gasteiger partial charge in [0.25, 0.3) is 5.91 Å². The molecule has 0 aliphatic carbocycles. The van der Waals surface area contributed by atoms with Gasteiger partial charge in [0.1, 0.15) is 5.58 Å². The molecule has 0 saturated carbocycles. The van der Waals surface area contributed by atoms with Crippen molar-refractivity contribution >= 4 is 34.2 Å². The molecule has 1 aliphatic rings. The van der Waals surface area contributed by atoms with Gasteiger partial charge in [-0.15, -0.1) is 0 Å². The van der Waals surface area contributed by atoms with Gasteiger partial charge in [-0.3, -0.25) is 9.59 Å². The van der Waals surface area contributed by atoms with Crippen LogP contribution >= 0.6 is 0 Å². The second kappa shape index (κ2) is 8.82. The third-order valence-corrected chi connectivity index (χ3v) is 6.04. The molecule has 0 atom stereocenters. The number of nitrogens with zero attached hydrogens (tertiary/aromatic N) is 2. The third-order valence-electron chi connectivity index (χ3n) is 6.04. The Labute approximate surface area is 192 Å². The summed E-state index contributed by atoms with van der Waals surface area (Å²) in [6.45, 7) is 2.11. The van der Waals surface area contributed by atoms with Crippen LogP contribution in [0.4, 0.5) is 11.4 Å². The number of furan rings is 1. The van der Waals surface area contributed by atoms with Gasteiger partial charge in [0.15, 0.2) is 5.76 Å². The van der Waals surface area contributed by atoms with Crippen molar-refractivity contribution in [1.29, 1.82) is 0 Å². The van der Waals surface area contributed by atoms with Gasteiger partial charge in [-0.05, 0) is 41.5 Å². The summed E-state index contributed by atoms with van der Waals surface area (Å²) in [5.41, 5.74) is 4.58. The molecule has 1 aromatic heterocycles. The van der Waals surface area contributed by atoms with Crippen molar-refractivity contribution in [3.63, 3.8) is 0 Å². The summed E-state index contributed by atoms with van der Waals surface area (Å²) in [6, 6.07) is 24.9. The zero-order chi connectivity index (χ0) is 22.8. The molecule has 6 heteroatoms. The summed E-state index contributed by atoms with van der Waals surface area (Å²) < 4.78 is 5.62. The third kappa shape index (κ3) is 4.46. The minimum atomic E-state index is -0.303. The molecule has 0 saturated heterocycles. The summed E-state index contributed by atoms with van der Waals surface area (Å²) in [6.07, 6.45) is 0.323. The standard InChI is InChI=1S/C27H25N3O3/c1-29-14-15-30(18-21-7-2-4-8-23(21)29)26(31)16-19-10-12-22(13-11-19)28-27(32)25-17-20-6-3-5-9-24(20)33-25/h2-13,17H,14-16,18H2,1H3,(H,28,32). The Morgan fingerprint density at radius 1 is 0.939 bits per heavy atom. The van der Waals surface area contributed by atoms with E-state index in [1.807, 2.05) is 65.6 Å². The van der Waals surface area contributed by atoms with E-state index in [4.69, 9.17) is 4.42 Å². The molecule has 166 valence electrons. The average molecular weight is 440 g/mol. The number of carbonyl (C=O) groups is 2. The maximum Gasteiger partial charge on any atom is 0.291 e. The van der Waals surface area contributed by atoms with Crippen LogP contribution in [0.5, 0.6) is 0 Å². The van der Waals surface area contributed by atoms with Gasteiger partial charge >= 0.3 is 0 Å². The number of para-hydroxylation sites is 2. The first kappa shape index (κ1) is 20.8. The lowest BCUT2D eigenvalue weighted by Gasteiger charge is -2.21. The average Bonchev–Trinajstić information content (AvgIpc) is 3.20. The summed E-state index contributed by atoms with van der Waals surface area (Å²) in [4.78, 5) is 29.7. The Hall–Kier alpha value is -4.06. The monoisotopic (exact) mass is 439 g/mol. The molecule has 1 N–H and O–H groups in total. The van der Waals surface area contributed by atoms with E-state index in [9.17, 15) is 9.59 Å². The summed E-state index contributed by atoms with van der Waals surface area (Å²) in [5.74, 6) is 0.0587. The molecular formula is C27H25N3O3. The van der Waals surface area contributed by atoms with E-state index in [2.05, 4.69) is 29.4 Å². The second-order valence-corrected chi connectivity index (χ2v) is 8.34. The number of amides is 2. The first-order valence-corrected chi connectivity index (χ1v) is 11.0. The minimum absolute atomic E-state index is 0.0964. The normalized spacial score (nSPS) is 13.5. The Bertz CT molecular complexity index is 1280. The number of likely N-dealkylation sites (N-methyl/N-ethyl adjacent to an activating group) is 1. The Balaban J connectivity index is 1.22. The highest BCUT2D eigenvalue weighted by Crippen LogP contribution is 2.24. The summed E-state index contributed by atoms with van der Waals surface area (Å²) in [5, 5.41) is 3.74. The van der Waals surface area contributed by atoms with E-state index in [0.717, 1.165) is 23.1 Å². The van der Waals surface area contributed by atoms with Crippen LogP contribution in [0.3, 0.4) is 0 Å². The molecule has 33 heavy (non-hydrogen) atoms. The number of nitrogens with one attached hydrogen (secondary N) is 1. The largest absolute Gasteiger partial charge is 0.451 e. The van der Waals surface area contributed by atoms with E-state index in [0.29, 0.717) is 30.8 Å². The molecule has 2 amide bonds. The fraction of sp³-hybridized carbons (Fsp3) is 0.185. The van der Waals surface area contributed by atoms with Gasteiger partial charge in [0, 0.05) is 43.4 Å². The SMILES string of the molecule is CN1CCN(C(=O)Cc2ccc(NC(=O)c3cc4ccccc4o3)cc2)Cc2ccccc21. The molecule has 3 aromatic carbocycles. The van der Waals surface area contributed by atoms with Crippen LogP contribution in [-0.4, -0.2) is 36.9 Å². The van der Waals surface area contributed by atoms with Gasteiger partial charge in [-0.25, -0.2) is 0 Å². The molecule has 4 aromatic rings. The van der Waals surface area contributed by atoms with Crippen molar-refractivity contribution in [2.24, 2.45) is 0 Å². The smallest absolute Gasteiger partial charge is 0.291 e. The topological polar surface area (TPSA) is 65.8 Å². The number of benzene rings is 3. The summed E-state index contributed by atoms with van der Waals surface area (Å²) in [7, 11) is 2.06. The van der Waals surface area contributed by atoms with E-state index in [1.165, 1.54) is 5.69 Å². The molecule has 5 rings (SSSR count). The number of rotatable bonds is 4. The fourth-order valence-corrected chi connectivity index (χ4v) is 4.18. The van der Waals surface area contributed by atoms with E-state index >= 15 is 0 Å². The number of carbonyl (C=O) groups excluding carboxylic acids is 2. The molecule has 6 nitrogen and oxygen atoms in total. The van der Waals surface area contributed by atoms with Crippen molar-refractivity contribution in [3.8, 4) is 0 Å². The van der Waals surface area contributed by atoms with Crippen LogP contribution in [0.25, 0.3) is 11.0 Å². The fourth-order valence-electron chi connectivity index (χ4n) is 4.18. The van der Waals surface area contributed by atoms with E-state index in [-0.39, 0.29) is 17.6 Å². The minimum Gasteiger partial charge on any atom is -0.451 e. The van der Waals surface area contributed by atoms with E-state index in [1.54, 1.807) is 6.07 Å². The number of fused-ring (bicyclic) bond motifs is 2. The predicted octanol–water partition coefficient (Wildman–Crippen LogP) is 4.71. The molecular weight excluding hydrogens is 414 g/mol. The number of hydrogen-bond acceptors (Lipinski definition) is 4. The lowest BCUT2D eigenvalue weighted by Crippen LogP contribution is -2.35. The quantitative estimate of drug-likeness (QED) is 0.500. The van der Waals surface area contributed by atoms with Crippen molar-refractivity contribution in [3.05, 3.63) is 95.7 Å². The van der Waals surface area contributed by atoms with Gasteiger partial charge in [0.2, 0.25) is 5.91 Å².